The van der Waals surface area contributed by atoms with Gasteiger partial charge in [0, 0.05) is 12.0 Å². The van der Waals surface area contributed by atoms with E-state index < -0.39 is 0 Å². The number of methoxy groups -OCH3 is 2. The number of aromatic nitrogens is 3. The van der Waals surface area contributed by atoms with Crippen molar-refractivity contribution in [3.63, 3.8) is 0 Å². The molecule has 0 bridgehead atoms. The Balaban J connectivity index is 2.41. The Morgan fingerprint density at radius 1 is 1.17 bits per heavy atom. The molecule has 2 rings (SSSR count). The van der Waals surface area contributed by atoms with Crippen LogP contribution in [0.4, 0.5) is 0 Å². The first kappa shape index (κ1) is 18.1. The number of hydrogen-bond donors (Lipinski definition) is 0. The molecule has 0 unspecified atom stereocenters. The van der Waals surface area contributed by atoms with Gasteiger partial charge in [0.1, 0.15) is 0 Å². The molecule has 0 N–H and O–H groups in total. The minimum atomic E-state index is 0.526. The molecule has 24 heavy (non-hydrogen) atoms. The summed E-state index contributed by atoms with van der Waals surface area (Å²) in [6.07, 6.45) is 4.42. The van der Waals surface area contributed by atoms with Gasteiger partial charge in [0.2, 0.25) is 10.9 Å². The average molecular weight is 350 g/mol. The van der Waals surface area contributed by atoms with Gasteiger partial charge < -0.3 is 14.2 Å². The van der Waals surface area contributed by atoms with Gasteiger partial charge in [-0.1, -0.05) is 18.7 Å². The lowest BCUT2D eigenvalue weighted by molar-refractivity contribution is 0.288. The Kier molecular flexibility index (Phi) is 6.48. The predicted molar refractivity (Wildman–Crippen MR) is 94.9 cm³/mol. The van der Waals surface area contributed by atoms with Gasteiger partial charge in [0.15, 0.2) is 17.3 Å². The number of ether oxygens (including phenoxy) is 3. The molecule has 0 aliphatic heterocycles. The van der Waals surface area contributed by atoms with E-state index in [0.717, 1.165) is 23.0 Å². The third kappa shape index (κ3) is 3.81. The molecule has 0 atom stereocenters. The van der Waals surface area contributed by atoms with Crippen LogP contribution < -0.4 is 14.2 Å². The van der Waals surface area contributed by atoms with E-state index in [9.17, 15) is 0 Å². The van der Waals surface area contributed by atoms with Gasteiger partial charge in [-0.2, -0.15) is 9.78 Å². The van der Waals surface area contributed by atoms with Crippen LogP contribution in [0, 0.1) is 0 Å². The first-order valence-corrected chi connectivity index (χ1v) is 8.82. The molecule has 1 aromatic carbocycles. The third-order valence-corrected chi connectivity index (χ3v) is 3.89. The van der Waals surface area contributed by atoms with Gasteiger partial charge in [-0.05, 0) is 25.3 Å². The highest BCUT2D eigenvalue weighted by Gasteiger charge is 2.14. The van der Waals surface area contributed by atoms with E-state index in [1.165, 1.54) is 11.8 Å². The number of nitrogens with zero attached hydrogens (tertiary/aromatic N) is 4. The maximum absolute atomic E-state index is 5.61. The minimum Gasteiger partial charge on any atom is -0.493 e. The van der Waals surface area contributed by atoms with Crippen molar-refractivity contribution in [2.75, 3.05) is 27.1 Å². The normalized spacial score (nSPS) is 11.0. The SMILES string of the molecule is CCOc1c(OC)cc(/C=N\n2c(CC)nnc2SC)cc1OC. The summed E-state index contributed by atoms with van der Waals surface area (Å²) in [6, 6.07) is 3.71. The van der Waals surface area contributed by atoms with Crippen molar-refractivity contribution >= 4 is 18.0 Å². The molecule has 2 aromatic rings. The Hall–Kier alpha value is -2.22. The van der Waals surface area contributed by atoms with Crippen LogP contribution in [0.15, 0.2) is 22.4 Å². The number of benzene rings is 1. The fourth-order valence-electron chi connectivity index (χ4n) is 2.15. The van der Waals surface area contributed by atoms with E-state index in [1.54, 1.807) is 25.1 Å². The standard InChI is InChI=1S/C16H22N4O3S/c1-6-14-18-19-16(24-5)20(14)17-10-11-8-12(21-3)15(23-7-2)13(9-11)22-4/h8-10H,6-7H2,1-5H3/b17-10-. The first-order valence-electron chi connectivity index (χ1n) is 7.59. The van der Waals surface area contributed by atoms with Crippen molar-refractivity contribution in [2.45, 2.75) is 25.4 Å². The summed E-state index contributed by atoms with van der Waals surface area (Å²) in [5.41, 5.74) is 0.829. The topological polar surface area (TPSA) is 70.8 Å². The van der Waals surface area contributed by atoms with Gasteiger partial charge in [0.05, 0.1) is 27.0 Å². The monoisotopic (exact) mass is 350 g/mol. The zero-order valence-corrected chi connectivity index (χ0v) is 15.4. The Labute approximate surface area is 146 Å². The molecule has 7 nitrogen and oxygen atoms in total. The van der Waals surface area contributed by atoms with E-state index in [2.05, 4.69) is 15.3 Å². The number of rotatable bonds is 8. The molecule has 0 radical (unpaired) electrons. The highest BCUT2D eigenvalue weighted by Crippen LogP contribution is 2.38. The summed E-state index contributed by atoms with van der Waals surface area (Å²) in [7, 11) is 3.19. The lowest BCUT2D eigenvalue weighted by Crippen LogP contribution is -2.01. The molecule has 0 aliphatic rings. The van der Waals surface area contributed by atoms with Crippen molar-refractivity contribution in [1.82, 2.24) is 14.9 Å². The van der Waals surface area contributed by atoms with Crippen LogP contribution in [-0.4, -0.2) is 48.2 Å². The van der Waals surface area contributed by atoms with Crippen LogP contribution in [0.25, 0.3) is 0 Å². The van der Waals surface area contributed by atoms with E-state index >= 15 is 0 Å². The lowest BCUT2D eigenvalue weighted by Gasteiger charge is -2.14. The molecule has 0 aliphatic carbocycles. The summed E-state index contributed by atoms with van der Waals surface area (Å²) in [4.78, 5) is 0. The molecule has 0 saturated heterocycles. The highest BCUT2D eigenvalue weighted by molar-refractivity contribution is 7.98. The van der Waals surface area contributed by atoms with Gasteiger partial charge in [0.25, 0.3) is 0 Å². The molecule has 0 saturated carbocycles. The Morgan fingerprint density at radius 2 is 1.83 bits per heavy atom. The van der Waals surface area contributed by atoms with Gasteiger partial charge in [-0.15, -0.1) is 10.2 Å². The molecule has 1 aromatic heterocycles. The molecule has 130 valence electrons. The third-order valence-electron chi connectivity index (χ3n) is 3.27. The van der Waals surface area contributed by atoms with E-state index in [4.69, 9.17) is 14.2 Å². The van der Waals surface area contributed by atoms with Gasteiger partial charge in [-0.25, -0.2) is 0 Å². The summed E-state index contributed by atoms with van der Waals surface area (Å²) >= 11 is 1.50. The fourth-order valence-corrected chi connectivity index (χ4v) is 2.59. The van der Waals surface area contributed by atoms with E-state index in [1.807, 2.05) is 32.2 Å². The summed E-state index contributed by atoms with van der Waals surface area (Å²) in [5, 5.41) is 13.5. The van der Waals surface area contributed by atoms with Gasteiger partial charge >= 0.3 is 0 Å². The highest BCUT2D eigenvalue weighted by atomic mass is 32.2. The van der Waals surface area contributed by atoms with Crippen molar-refractivity contribution in [3.8, 4) is 17.2 Å². The summed E-state index contributed by atoms with van der Waals surface area (Å²) < 4.78 is 18.2. The van der Waals surface area contributed by atoms with Crippen LogP contribution >= 0.6 is 11.8 Å². The summed E-state index contributed by atoms with van der Waals surface area (Å²) in [6.45, 7) is 4.46. The molecular weight excluding hydrogens is 328 g/mol. The second kappa shape index (κ2) is 8.58. The van der Waals surface area contributed by atoms with Crippen molar-refractivity contribution < 1.29 is 14.2 Å². The fraction of sp³-hybridized carbons (Fsp3) is 0.438. The molecule has 0 fully saturated rings. The average Bonchev–Trinajstić information content (AvgIpc) is 3.02. The zero-order valence-electron chi connectivity index (χ0n) is 14.6. The number of thioether (sulfide) groups is 1. The quantitative estimate of drug-likeness (QED) is 0.538. The van der Waals surface area contributed by atoms with Crippen LogP contribution in [-0.2, 0) is 6.42 Å². The van der Waals surface area contributed by atoms with Crippen LogP contribution in [0.3, 0.4) is 0 Å². The maximum atomic E-state index is 5.61. The smallest absolute Gasteiger partial charge is 0.211 e. The Morgan fingerprint density at radius 3 is 2.33 bits per heavy atom. The molecule has 8 heteroatoms. The second-order valence-corrected chi connectivity index (χ2v) is 5.47. The maximum Gasteiger partial charge on any atom is 0.211 e. The zero-order chi connectivity index (χ0) is 17.5. The number of aryl methyl sites for hydroxylation is 1. The molecular formula is C16H22N4O3S. The predicted octanol–water partition coefficient (Wildman–Crippen LogP) is 2.86. The Bertz CT molecular complexity index is 669. The number of hydrogen-bond acceptors (Lipinski definition) is 7. The van der Waals surface area contributed by atoms with Crippen LogP contribution in [0.2, 0.25) is 0 Å². The van der Waals surface area contributed by atoms with Crippen molar-refractivity contribution in [1.29, 1.82) is 0 Å². The molecule has 0 spiro atoms. The van der Waals surface area contributed by atoms with E-state index in [0.29, 0.717) is 23.9 Å². The van der Waals surface area contributed by atoms with Gasteiger partial charge in [-0.3, -0.25) is 0 Å². The second-order valence-electron chi connectivity index (χ2n) is 4.70. The van der Waals surface area contributed by atoms with Crippen LogP contribution in [0.1, 0.15) is 25.2 Å². The molecule has 1 heterocycles. The van der Waals surface area contributed by atoms with Crippen molar-refractivity contribution in [3.05, 3.63) is 23.5 Å². The largest absolute Gasteiger partial charge is 0.493 e. The van der Waals surface area contributed by atoms with Crippen LogP contribution in [0.5, 0.6) is 17.2 Å². The summed E-state index contributed by atoms with van der Waals surface area (Å²) in [5.74, 6) is 2.59. The van der Waals surface area contributed by atoms with Crippen molar-refractivity contribution in [2.24, 2.45) is 5.10 Å². The minimum absolute atomic E-state index is 0.526. The van der Waals surface area contributed by atoms with E-state index in [-0.39, 0.29) is 0 Å². The molecule has 0 amide bonds. The first-order chi connectivity index (χ1) is 11.7. The lowest BCUT2D eigenvalue weighted by atomic mass is 10.2.